The van der Waals surface area contributed by atoms with Crippen molar-refractivity contribution < 1.29 is 4.79 Å². The summed E-state index contributed by atoms with van der Waals surface area (Å²) in [7, 11) is 2.12. The van der Waals surface area contributed by atoms with Crippen LogP contribution in [0.4, 0.5) is 0 Å². The highest BCUT2D eigenvalue weighted by atomic mass is 16.2. The molecule has 2 fully saturated rings. The maximum atomic E-state index is 11.8. The smallest absolute Gasteiger partial charge is 0.240 e. The minimum atomic E-state index is -0.535. The summed E-state index contributed by atoms with van der Waals surface area (Å²) in [5.74, 6) is 0.0505. The van der Waals surface area contributed by atoms with E-state index in [-0.39, 0.29) is 11.4 Å². The van der Waals surface area contributed by atoms with E-state index in [1.165, 1.54) is 0 Å². The van der Waals surface area contributed by atoms with Crippen molar-refractivity contribution in [3.05, 3.63) is 0 Å². The van der Waals surface area contributed by atoms with Gasteiger partial charge in [-0.25, -0.2) is 0 Å². The van der Waals surface area contributed by atoms with Crippen LogP contribution in [0.5, 0.6) is 0 Å². The quantitative estimate of drug-likeness (QED) is 0.680. The summed E-state index contributed by atoms with van der Waals surface area (Å²) >= 11 is 0. The van der Waals surface area contributed by atoms with Crippen molar-refractivity contribution >= 4 is 5.91 Å². The number of likely N-dealkylation sites (tertiary alicyclic amines) is 1. The van der Waals surface area contributed by atoms with Gasteiger partial charge in [-0.05, 0) is 39.7 Å². The molecule has 0 radical (unpaired) electrons. The van der Waals surface area contributed by atoms with Crippen LogP contribution in [0.3, 0.4) is 0 Å². The number of amides is 1. The molecule has 0 bridgehead atoms. The summed E-state index contributed by atoms with van der Waals surface area (Å²) in [5, 5.41) is 3.13. The first-order chi connectivity index (χ1) is 6.94. The van der Waals surface area contributed by atoms with E-state index in [1.54, 1.807) is 0 Å². The molecule has 0 unspecified atom stereocenters. The Labute approximate surface area is 91.2 Å². The molecule has 0 aromatic carbocycles. The van der Waals surface area contributed by atoms with Gasteiger partial charge in [-0.2, -0.15) is 0 Å². The van der Waals surface area contributed by atoms with Crippen molar-refractivity contribution in [1.82, 2.24) is 10.2 Å². The Balaban J connectivity index is 1.90. The number of rotatable bonds is 2. The van der Waals surface area contributed by atoms with Gasteiger partial charge in [0.2, 0.25) is 5.91 Å². The molecule has 15 heavy (non-hydrogen) atoms. The molecule has 2 aliphatic rings. The highest BCUT2D eigenvalue weighted by Gasteiger charge is 2.47. The summed E-state index contributed by atoms with van der Waals surface area (Å²) in [5.41, 5.74) is 5.29. The first-order valence-electron chi connectivity index (χ1n) is 5.74. The van der Waals surface area contributed by atoms with E-state index < -0.39 is 5.54 Å². The molecular weight excluding hydrogens is 190 g/mol. The van der Waals surface area contributed by atoms with Crippen LogP contribution in [0.25, 0.3) is 0 Å². The van der Waals surface area contributed by atoms with Gasteiger partial charge in [0.1, 0.15) is 0 Å². The molecule has 1 aliphatic heterocycles. The van der Waals surface area contributed by atoms with Gasteiger partial charge >= 0.3 is 0 Å². The first kappa shape index (κ1) is 10.9. The van der Waals surface area contributed by atoms with Crippen LogP contribution in [-0.2, 0) is 4.79 Å². The Bertz CT molecular complexity index is 265. The Morgan fingerprint density at radius 2 is 1.80 bits per heavy atom. The Morgan fingerprint density at radius 1 is 1.27 bits per heavy atom. The molecular formula is C11H21N3O. The van der Waals surface area contributed by atoms with Gasteiger partial charge in [0.05, 0.1) is 5.54 Å². The van der Waals surface area contributed by atoms with Crippen LogP contribution in [0, 0.1) is 0 Å². The van der Waals surface area contributed by atoms with Crippen LogP contribution in [0.2, 0.25) is 0 Å². The monoisotopic (exact) mass is 211 g/mol. The highest BCUT2D eigenvalue weighted by molar-refractivity contribution is 5.89. The van der Waals surface area contributed by atoms with Gasteiger partial charge in [-0.1, -0.05) is 0 Å². The van der Waals surface area contributed by atoms with E-state index in [2.05, 4.69) is 24.2 Å². The number of carbonyl (C=O) groups excluding carboxylic acids is 1. The summed E-state index contributed by atoms with van der Waals surface area (Å²) in [6, 6.07) is 0. The number of nitrogens with one attached hydrogen (secondary N) is 1. The standard InChI is InChI=1S/C11H21N3O/c1-10(5-7-14(2)8-6-10)13-9(15)11(12)3-4-11/h3-8,12H2,1-2H3,(H,13,15). The summed E-state index contributed by atoms with van der Waals surface area (Å²) in [6.07, 6.45) is 3.72. The van der Waals surface area contributed by atoms with Crippen LogP contribution >= 0.6 is 0 Å². The van der Waals surface area contributed by atoms with Gasteiger partial charge in [0.25, 0.3) is 0 Å². The van der Waals surface area contributed by atoms with Crippen molar-refractivity contribution in [3.63, 3.8) is 0 Å². The predicted molar refractivity (Wildman–Crippen MR) is 59.4 cm³/mol. The minimum Gasteiger partial charge on any atom is -0.349 e. The number of nitrogens with two attached hydrogens (primary N) is 1. The number of hydrogen-bond acceptors (Lipinski definition) is 3. The lowest BCUT2D eigenvalue weighted by Gasteiger charge is -2.39. The van der Waals surface area contributed by atoms with Crippen molar-refractivity contribution in [2.24, 2.45) is 5.73 Å². The summed E-state index contributed by atoms with van der Waals surface area (Å²) in [6.45, 7) is 4.23. The maximum absolute atomic E-state index is 11.8. The minimum absolute atomic E-state index is 0.0431. The normalized spacial score (nSPS) is 28.5. The fraction of sp³-hybridized carbons (Fsp3) is 0.909. The molecule has 1 amide bonds. The number of piperidine rings is 1. The second-order valence-corrected chi connectivity index (χ2v) is 5.47. The zero-order valence-electron chi connectivity index (χ0n) is 9.68. The lowest BCUT2D eigenvalue weighted by Crippen LogP contribution is -2.57. The second kappa shape index (κ2) is 3.46. The van der Waals surface area contributed by atoms with E-state index in [0.29, 0.717) is 0 Å². The van der Waals surface area contributed by atoms with Gasteiger partial charge in [0, 0.05) is 18.6 Å². The third-order valence-corrected chi connectivity index (χ3v) is 3.75. The molecule has 0 aromatic rings. The first-order valence-corrected chi connectivity index (χ1v) is 5.74. The molecule has 3 N–H and O–H groups in total. The van der Waals surface area contributed by atoms with E-state index >= 15 is 0 Å². The Kier molecular flexibility index (Phi) is 2.51. The zero-order valence-corrected chi connectivity index (χ0v) is 9.68. The number of carbonyl (C=O) groups is 1. The van der Waals surface area contributed by atoms with Gasteiger partial charge in [-0.3, -0.25) is 4.79 Å². The fourth-order valence-electron chi connectivity index (χ4n) is 2.00. The average Bonchev–Trinajstić information content (AvgIpc) is 2.91. The SMILES string of the molecule is CN1CCC(C)(NC(=O)C2(N)CC2)CC1. The third-order valence-electron chi connectivity index (χ3n) is 3.75. The Morgan fingerprint density at radius 3 is 2.27 bits per heavy atom. The molecule has 86 valence electrons. The van der Waals surface area contributed by atoms with Crippen molar-refractivity contribution in [1.29, 1.82) is 0 Å². The van der Waals surface area contributed by atoms with Crippen LogP contribution in [0.15, 0.2) is 0 Å². The highest BCUT2D eigenvalue weighted by Crippen LogP contribution is 2.33. The van der Waals surface area contributed by atoms with E-state index in [4.69, 9.17) is 5.73 Å². The molecule has 1 saturated heterocycles. The van der Waals surface area contributed by atoms with E-state index in [9.17, 15) is 4.79 Å². The summed E-state index contributed by atoms with van der Waals surface area (Å²) in [4.78, 5) is 14.1. The lowest BCUT2D eigenvalue weighted by molar-refractivity contribution is -0.125. The molecule has 0 atom stereocenters. The molecule has 4 heteroatoms. The largest absolute Gasteiger partial charge is 0.349 e. The topological polar surface area (TPSA) is 58.4 Å². The second-order valence-electron chi connectivity index (χ2n) is 5.47. The van der Waals surface area contributed by atoms with Crippen LogP contribution in [0.1, 0.15) is 32.6 Å². The molecule has 0 aromatic heterocycles. The van der Waals surface area contributed by atoms with Crippen LogP contribution < -0.4 is 11.1 Å². The van der Waals surface area contributed by atoms with Crippen molar-refractivity contribution in [2.75, 3.05) is 20.1 Å². The third kappa shape index (κ3) is 2.32. The van der Waals surface area contributed by atoms with Gasteiger partial charge in [0.15, 0.2) is 0 Å². The van der Waals surface area contributed by atoms with Gasteiger partial charge < -0.3 is 16.0 Å². The maximum Gasteiger partial charge on any atom is 0.240 e. The molecule has 1 saturated carbocycles. The lowest BCUT2D eigenvalue weighted by atomic mass is 9.89. The summed E-state index contributed by atoms with van der Waals surface area (Å²) < 4.78 is 0. The average molecular weight is 211 g/mol. The molecule has 1 heterocycles. The number of nitrogens with zero attached hydrogens (tertiary/aromatic N) is 1. The van der Waals surface area contributed by atoms with E-state index in [1.807, 2.05) is 0 Å². The fourth-order valence-corrected chi connectivity index (χ4v) is 2.00. The van der Waals surface area contributed by atoms with E-state index in [0.717, 1.165) is 38.8 Å². The molecule has 4 nitrogen and oxygen atoms in total. The molecule has 2 rings (SSSR count). The van der Waals surface area contributed by atoms with Crippen LogP contribution in [-0.4, -0.2) is 42.0 Å². The van der Waals surface area contributed by atoms with Crippen molar-refractivity contribution in [2.45, 2.75) is 43.7 Å². The zero-order chi connectivity index (χ0) is 11.1. The molecule has 0 spiro atoms. The van der Waals surface area contributed by atoms with Gasteiger partial charge in [-0.15, -0.1) is 0 Å². The molecule has 1 aliphatic carbocycles. The number of hydrogen-bond donors (Lipinski definition) is 2. The van der Waals surface area contributed by atoms with Crippen molar-refractivity contribution in [3.8, 4) is 0 Å². The Hall–Kier alpha value is -0.610. The predicted octanol–water partition coefficient (Wildman–Crippen LogP) is 0.0782.